The number of carbonyl (C=O) groups is 2. The zero-order valence-corrected chi connectivity index (χ0v) is 15.5. The topological polar surface area (TPSA) is 46.2 Å². The Labute approximate surface area is 155 Å². The monoisotopic (exact) mass is 395 g/mol. The van der Waals surface area contributed by atoms with Crippen molar-refractivity contribution in [3.8, 4) is 0 Å². The van der Waals surface area contributed by atoms with Gasteiger partial charge in [0.2, 0.25) is 5.91 Å². The largest absolute Gasteiger partial charge is 0.326 e. The van der Waals surface area contributed by atoms with E-state index in [0.29, 0.717) is 5.56 Å². The van der Waals surface area contributed by atoms with Crippen LogP contribution in [0.2, 0.25) is 0 Å². The number of halogens is 1. The number of anilines is 1. The van der Waals surface area contributed by atoms with Crippen LogP contribution in [0, 0.1) is 6.92 Å². The summed E-state index contributed by atoms with van der Waals surface area (Å²) in [6, 6.07) is 19.2. The van der Waals surface area contributed by atoms with E-state index in [0.717, 1.165) is 26.5 Å². The van der Waals surface area contributed by atoms with E-state index in [-0.39, 0.29) is 24.5 Å². The van der Waals surface area contributed by atoms with E-state index in [2.05, 4.69) is 21.2 Å². The van der Waals surface area contributed by atoms with Gasteiger partial charge in [-0.1, -0.05) is 52.3 Å². The molecule has 3 rings (SSSR count). The Balaban J connectivity index is 1.61. The molecule has 1 N–H and O–H groups in total. The van der Waals surface area contributed by atoms with E-state index in [1.807, 2.05) is 67.6 Å². The Morgan fingerprint density at radius 1 is 0.920 bits per heavy atom. The Kier molecular flexibility index (Phi) is 5.29. The van der Waals surface area contributed by atoms with Gasteiger partial charge in [0.05, 0.1) is 0 Å². The number of amides is 1. The van der Waals surface area contributed by atoms with Gasteiger partial charge in [0, 0.05) is 28.6 Å². The smallest absolute Gasteiger partial charge is 0.224 e. The Hall–Kier alpha value is -2.46. The summed E-state index contributed by atoms with van der Waals surface area (Å²) >= 11 is 3.40. The Bertz CT molecular complexity index is 950. The average Bonchev–Trinajstić information content (AvgIpc) is 2.61. The van der Waals surface area contributed by atoms with Crippen LogP contribution in [0.4, 0.5) is 5.69 Å². The molecular weight excluding hydrogens is 378 g/mol. The number of benzene rings is 3. The Morgan fingerprint density at radius 2 is 1.68 bits per heavy atom. The highest BCUT2D eigenvalue weighted by molar-refractivity contribution is 9.10. The molecule has 4 heteroatoms. The highest BCUT2D eigenvalue weighted by atomic mass is 79.9. The molecule has 0 bridgehead atoms. The van der Waals surface area contributed by atoms with Crippen molar-refractivity contribution in [2.45, 2.75) is 19.8 Å². The lowest BCUT2D eigenvalue weighted by molar-refractivity contribution is -0.116. The molecule has 126 valence electrons. The van der Waals surface area contributed by atoms with Crippen molar-refractivity contribution in [1.82, 2.24) is 0 Å². The molecule has 0 aliphatic heterocycles. The molecule has 1 amide bonds. The van der Waals surface area contributed by atoms with Crippen molar-refractivity contribution in [2.24, 2.45) is 0 Å². The summed E-state index contributed by atoms with van der Waals surface area (Å²) < 4.78 is 0.967. The normalized spacial score (nSPS) is 10.6. The number of rotatable bonds is 5. The van der Waals surface area contributed by atoms with Gasteiger partial charge in [-0.25, -0.2) is 0 Å². The zero-order chi connectivity index (χ0) is 17.8. The first-order chi connectivity index (χ1) is 12.0. The fourth-order valence-corrected chi connectivity index (χ4v) is 3.19. The standard InChI is InChI=1S/C21H18BrNO2/c1-14-12-18(22)8-9-19(14)23-21(25)11-10-20(24)17-7-6-15-4-2-3-5-16(15)13-17/h2-9,12-13H,10-11H2,1H3,(H,23,25). The highest BCUT2D eigenvalue weighted by Crippen LogP contribution is 2.21. The third kappa shape index (κ3) is 4.34. The van der Waals surface area contributed by atoms with Gasteiger partial charge < -0.3 is 5.32 Å². The van der Waals surface area contributed by atoms with Crippen molar-refractivity contribution >= 4 is 44.1 Å². The third-order valence-corrected chi connectivity index (χ3v) is 4.61. The van der Waals surface area contributed by atoms with Crippen LogP contribution in [-0.4, -0.2) is 11.7 Å². The minimum atomic E-state index is -0.153. The van der Waals surface area contributed by atoms with Crippen molar-refractivity contribution in [3.05, 3.63) is 76.3 Å². The predicted octanol–water partition coefficient (Wildman–Crippen LogP) is 5.51. The van der Waals surface area contributed by atoms with Gasteiger partial charge in [0.1, 0.15) is 0 Å². The molecule has 0 saturated carbocycles. The van der Waals surface area contributed by atoms with Crippen molar-refractivity contribution < 1.29 is 9.59 Å². The number of nitrogens with one attached hydrogen (secondary N) is 1. The molecule has 0 aliphatic rings. The van der Waals surface area contributed by atoms with E-state index in [9.17, 15) is 9.59 Å². The molecule has 0 radical (unpaired) electrons. The minimum Gasteiger partial charge on any atom is -0.326 e. The maximum absolute atomic E-state index is 12.4. The molecule has 0 saturated heterocycles. The lowest BCUT2D eigenvalue weighted by Gasteiger charge is -2.09. The van der Waals surface area contributed by atoms with E-state index in [4.69, 9.17) is 0 Å². The molecular formula is C21H18BrNO2. The minimum absolute atomic E-state index is 0.0200. The number of aryl methyl sites for hydroxylation is 1. The summed E-state index contributed by atoms with van der Waals surface area (Å²) in [7, 11) is 0. The fraction of sp³-hybridized carbons (Fsp3) is 0.143. The summed E-state index contributed by atoms with van der Waals surface area (Å²) in [6.45, 7) is 1.93. The second kappa shape index (κ2) is 7.62. The van der Waals surface area contributed by atoms with Crippen LogP contribution in [0.1, 0.15) is 28.8 Å². The summed E-state index contributed by atoms with van der Waals surface area (Å²) in [4.78, 5) is 24.5. The number of fused-ring (bicyclic) bond motifs is 1. The quantitative estimate of drug-likeness (QED) is 0.578. The molecule has 0 spiro atoms. The molecule has 25 heavy (non-hydrogen) atoms. The van der Waals surface area contributed by atoms with Crippen molar-refractivity contribution in [1.29, 1.82) is 0 Å². The van der Waals surface area contributed by atoms with E-state index in [1.54, 1.807) is 0 Å². The molecule has 0 unspecified atom stereocenters. The maximum Gasteiger partial charge on any atom is 0.224 e. The van der Waals surface area contributed by atoms with Crippen LogP contribution in [-0.2, 0) is 4.79 Å². The summed E-state index contributed by atoms with van der Waals surface area (Å²) in [5, 5.41) is 4.99. The number of Topliss-reactive ketones (excluding diaryl/α,β-unsaturated/α-hetero) is 1. The number of hydrogen-bond acceptors (Lipinski definition) is 2. The van der Waals surface area contributed by atoms with Crippen LogP contribution in [0.5, 0.6) is 0 Å². The van der Waals surface area contributed by atoms with Gasteiger partial charge >= 0.3 is 0 Å². The lowest BCUT2D eigenvalue weighted by atomic mass is 10.0. The highest BCUT2D eigenvalue weighted by Gasteiger charge is 2.11. The van der Waals surface area contributed by atoms with Crippen LogP contribution in [0.3, 0.4) is 0 Å². The van der Waals surface area contributed by atoms with Crippen molar-refractivity contribution in [3.63, 3.8) is 0 Å². The number of hydrogen-bond donors (Lipinski definition) is 1. The molecule has 3 aromatic carbocycles. The van der Waals surface area contributed by atoms with E-state index < -0.39 is 0 Å². The molecule has 0 fully saturated rings. The molecule has 3 nitrogen and oxygen atoms in total. The van der Waals surface area contributed by atoms with E-state index in [1.165, 1.54) is 0 Å². The van der Waals surface area contributed by atoms with E-state index >= 15 is 0 Å². The Morgan fingerprint density at radius 3 is 2.44 bits per heavy atom. The van der Waals surface area contributed by atoms with Crippen LogP contribution < -0.4 is 5.32 Å². The second-order valence-electron chi connectivity index (χ2n) is 5.99. The molecule has 0 atom stereocenters. The van der Waals surface area contributed by atoms with Gasteiger partial charge in [0.15, 0.2) is 5.78 Å². The summed E-state index contributed by atoms with van der Waals surface area (Å²) in [5.74, 6) is -0.173. The number of carbonyl (C=O) groups excluding carboxylic acids is 2. The summed E-state index contributed by atoms with van der Waals surface area (Å²) in [6.07, 6.45) is 0.362. The third-order valence-electron chi connectivity index (χ3n) is 4.11. The van der Waals surface area contributed by atoms with Gasteiger partial charge in [-0.15, -0.1) is 0 Å². The SMILES string of the molecule is Cc1cc(Br)ccc1NC(=O)CCC(=O)c1ccc2ccccc2c1. The maximum atomic E-state index is 12.4. The van der Waals surface area contributed by atoms with Gasteiger partial charge in [-0.05, 0) is 47.5 Å². The average molecular weight is 396 g/mol. The first kappa shape index (κ1) is 17.4. The van der Waals surface area contributed by atoms with Crippen LogP contribution in [0.25, 0.3) is 10.8 Å². The van der Waals surface area contributed by atoms with Gasteiger partial charge in [0.25, 0.3) is 0 Å². The van der Waals surface area contributed by atoms with Crippen LogP contribution >= 0.6 is 15.9 Å². The first-order valence-corrected chi connectivity index (χ1v) is 8.90. The van der Waals surface area contributed by atoms with Crippen LogP contribution in [0.15, 0.2) is 65.1 Å². The summed E-state index contributed by atoms with van der Waals surface area (Å²) in [5.41, 5.74) is 2.39. The number of ketones is 1. The molecule has 0 heterocycles. The fourth-order valence-electron chi connectivity index (χ4n) is 2.71. The lowest BCUT2D eigenvalue weighted by Crippen LogP contribution is -2.14. The predicted molar refractivity (Wildman–Crippen MR) is 105 cm³/mol. The van der Waals surface area contributed by atoms with Crippen molar-refractivity contribution in [2.75, 3.05) is 5.32 Å². The van der Waals surface area contributed by atoms with Gasteiger partial charge in [-0.2, -0.15) is 0 Å². The molecule has 0 aliphatic carbocycles. The molecule has 0 aromatic heterocycles. The molecule has 3 aromatic rings. The second-order valence-corrected chi connectivity index (χ2v) is 6.91. The zero-order valence-electron chi connectivity index (χ0n) is 13.9. The van der Waals surface area contributed by atoms with Gasteiger partial charge in [-0.3, -0.25) is 9.59 Å². The first-order valence-electron chi connectivity index (χ1n) is 8.11.